The molecule has 5 aromatic rings. The molecule has 1 saturated heterocycles. The SMILES string of the molecule is C=CC(=O)N1CCN(c2ncc3ncnc(Nc4ccc(Oc5ccc6c(c5)ncn6C)c(Cl)c4)c3n2)CC1. The number of benzene rings is 2. The maximum Gasteiger partial charge on any atom is 0.246 e. The van der Waals surface area contributed by atoms with Gasteiger partial charge in [0, 0.05) is 45.0 Å². The zero-order chi connectivity index (χ0) is 26.9. The van der Waals surface area contributed by atoms with E-state index in [1.54, 1.807) is 29.6 Å². The highest BCUT2D eigenvalue weighted by atomic mass is 35.5. The minimum Gasteiger partial charge on any atom is -0.456 e. The van der Waals surface area contributed by atoms with Crippen molar-refractivity contribution < 1.29 is 9.53 Å². The second-order valence-corrected chi connectivity index (χ2v) is 9.43. The second-order valence-electron chi connectivity index (χ2n) is 9.02. The minimum atomic E-state index is -0.0710. The van der Waals surface area contributed by atoms with Crippen molar-refractivity contribution in [3.63, 3.8) is 0 Å². The summed E-state index contributed by atoms with van der Waals surface area (Å²) >= 11 is 6.57. The number of nitrogens with one attached hydrogen (secondary N) is 1. The number of rotatable bonds is 6. The second kappa shape index (κ2) is 10.2. The zero-order valence-electron chi connectivity index (χ0n) is 21.1. The van der Waals surface area contributed by atoms with Crippen LogP contribution in [0.5, 0.6) is 11.5 Å². The molecular weight excluding hydrogens is 518 g/mol. The number of fused-ring (bicyclic) bond motifs is 2. The highest BCUT2D eigenvalue weighted by Gasteiger charge is 2.22. The molecule has 0 unspecified atom stereocenters. The number of carbonyl (C=O) groups is 1. The van der Waals surface area contributed by atoms with E-state index in [1.807, 2.05) is 40.8 Å². The Labute approximate surface area is 228 Å². The summed E-state index contributed by atoms with van der Waals surface area (Å²) in [6.45, 7) is 5.95. The lowest BCUT2D eigenvalue weighted by Gasteiger charge is -2.34. The molecular formula is C27H24ClN9O2. The molecule has 2 aromatic carbocycles. The van der Waals surface area contributed by atoms with Crippen LogP contribution in [0.25, 0.3) is 22.1 Å². The monoisotopic (exact) mass is 541 g/mol. The molecule has 3 aromatic heterocycles. The number of amides is 1. The number of aryl methyl sites for hydroxylation is 1. The summed E-state index contributed by atoms with van der Waals surface area (Å²) in [6, 6.07) is 11.1. The molecule has 1 amide bonds. The molecule has 196 valence electrons. The number of carbonyl (C=O) groups excluding carboxylic acids is 1. The first-order chi connectivity index (χ1) is 19.0. The van der Waals surface area contributed by atoms with Gasteiger partial charge in [0.15, 0.2) is 5.82 Å². The summed E-state index contributed by atoms with van der Waals surface area (Å²) in [5.74, 6) is 2.17. The number of anilines is 3. The third-order valence-electron chi connectivity index (χ3n) is 6.53. The summed E-state index contributed by atoms with van der Waals surface area (Å²) in [5, 5.41) is 3.72. The van der Waals surface area contributed by atoms with Crippen molar-refractivity contribution >= 4 is 57.0 Å². The van der Waals surface area contributed by atoms with E-state index in [4.69, 9.17) is 21.3 Å². The maximum atomic E-state index is 11.9. The Morgan fingerprint density at radius 2 is 1.90 bits per heavy atom. The van der Waals surface area contributed by atoms with Crippen molar-refractivity contribution in [2.45, 2.75) is 0 Å². The van der Waals surface area contributed by atoms with Crippen LogP contribution >= 0.6 is 11.6 Å². The predicted octanol–water partition coefficient (Wildman–Crippen LogP) is 4.33. The van der Waals surface area contributed by atoms with Crippen LogP contribution in [0, 0.1) is 0 Å². The lowest BCUT2D eigenvalue weighted by molar-refractivity contribution is -0.126. The van der Waals surface area contributed by atoms with Gasteiger partial charge in [-0.15, -0.1) is 0 Å². The van der Waals surface area contributed by atoms with E-state index >= 15 is 0 Å². The van der Waals surface area contributed by atoms with Gasteiger partial charge in [-0.05, 0) is 36.4 Å². The largest absolute Gasteiger partial charge is 0.456 e. The molecule has 6 rings (SSSR count). The molecule has 0 saturated carbocycles. The quantitative estimate of drug-likeness (QED) is 0.314. The predicted molar refractivity (Wildman–Crippen MR) is 150 cm³/mol. The van der Waals surface area contributed by atoms with Gasteiger partial charge in [0.05, 0.1) is 28.6 Å². The van der Waals surface area contributed by atoms with Crippen LogP contribution < -0.4 is 15.0 Å². The minimum absolute atomic E-state index is 0.0710. The van der Waals surface area contributed by atoms with Gasteiger partial charge in [-0.2, -0.15) is 0 Å². The van der Waals surface area contributed by atoms with Crippen LogP contribution in [0.2, 0.25) is 5.02 Å². The van der Waals surface area contributed by atoms with Gasteiger partial charge in [-0.1, -0.05) is 18.2 Å². The van der Waals surface area contributed by atoms with Crippen molar-refractivity contribution in [1.82, 2.24) is 34.4 Å². The summed E-state index contributed by atoms with van der Waals surface area (Å²) in [6.07, 6.45) is 6.23. The van der Waals surface area contributed by atoms with Crippen molar-refractivity contribution in [3.05, 3.63) is 72.9 Å². The Morgan fingerprint density at radius 1 is 1.05 bits per heavy atom. The smallest absolute Gasteiger partial charge is 0.246 e. The lowest BCUT2D eigenvalue weighted by Crippen LogP contribution is -2.48. The van der Waals surface area contributed by atoms with Crippen LogP contribution in [0.15, 0.2) is 67.9 Å². The molecule has 4 heterocycles. The molecule has 0 spiro atoms. The first-order valence-corrected chi connectivity index (χ1v) is 12.7. The molecule has 0 aliphatic carbocycles. The average Bonchev–Trinajstić information content (AvgIpc) is 3.34. The van der Waals surface area contributed by atoms with Gasteiger partial charge in [-0.3, -0.25) is 4.79 Å². The van der Waals surface area contributed by atoms with Crippen LogP contribution in [-0.2, 0) is 11.8 Å². The summed E-state index contributed by atoms with van der Waals surface area (Å²) in [5.41, 5.74) is 3.75. The lowest BCUT2D eigenvalue weighted by atomic mass is 10.2. The average molecular weight is 542 g/mol. The third kappa shape index (κ3) is 4.91. The van der Waals surface area contributed by atoms with Crippen molar-refractivity contribution in [2.24, 2.45) is 7.05 Å². The van der Waals surface area contributed by atoms with E-state index in [-0.39, 0.29) is 5.91 Å². The molecule has 1 aliphatic rings. The first kappa shape index (κ1) is 24.6. The zero-order valence-corrected chi connectivity index (χ0v) is 21.8. The number of nitrogens with zero attached hydrogens (tertiary/aromatic N) is 8. The van der Waals surface area contributed by atoms with Crippen molar-refractivity contribution in [3.8, 4) is 11.5 Å². The molecule has 1 aliphatic heterocycles. The Bertz CT molecular complexity index is 1710. The fraction of sp³-hybridized carbons (Fsp3) is 0.185. The molecule has 12 heteroatoms. The normalized spacial score (nSPS) is 13.6. The Balaban J connectivity index is 1.20. The van der Waals surface area contributed by atoms with Crippen molar-refractivity contribution in [2.75, 3.05) is 36.4 Å². The molecule has 0 atom stereocenters. The van der Waals surface area contributed by atoms with Gasteiger partial charge >= 0.3 is 0 Å². The molecule has 1 N–H and O–H groups in total. The number of hydrogen-bond donors (Lipinski definition) is 1. The highest BCUT2D eigenvalue weighted by molar-refractivity contribution is 6.32. The highest BCUT2D eigenvalue weighted by Crippen LogP contribution is 2.34. The summed E-state index contributed by atoms with van der Waals surface area (Å²) in [7, 11) is 1.95. The van der Waals surface area contributed by atoms with Gasteiger partial charge < -0.3 is 24.4 Å². The topological polar surface area (TPSA) is 114 Å². The summed E-state index contributed by atoms with van der Waals surface area (Å²) < 4.78 is 7.97. The standard InChI is InChI=1S/C27H24ClN9O2/c1-3-24(38)36-8-10-37(11-9-36)27-29-14-21-25(34-27)26(31-15-30-21)33-17-4-7-23(19(28)12-17)39-18-5-6-22-20(13-18)32-16-35(22)2/h3-7,12-16H,1,8-11H2,2H3,(H,30,31,33). The van der Waals surface area contributed by atoms with Crippen molar-refractivity contribution in [1.29, 1.82) is 0 Å². The van der Waals surface area contributed by atoms with Crippen LogP contribution in [-0.4, -0.2) is 66.5 Å². The number of imidazole rings is 1. The Hall–Kier alpha value is -4.77. The van der Waals surface area contributed by atoms with Crippen LogP contribution in [0.1, 0.15) is 0 Å². The van der Waals surface area contributed by atoms with Gasteiger partial charge in [-0.25, -0.2) is 24.9 Å². The maximum absolute atomic E-state index is 11.9. The number of ether oxygens (including phenoxy) is 1. The summed E-state index contributed by atoms with van der Waals surface area (Å²) in [4.78, 5) is 38.0. The van der Waals surface area contributed by atoms with Crippen LogP contribution in [0.4, 0.5) is 17.5 Å². The molecule has 0 bridgehead atoms. The molecule has 39 heavy (non-hydrogen) atoms. The van der Waals surface area contributed by atoms with E-state index in [9.17, 15) is 4.79 Å². The van der Waals surface area contributed by atoms with E-state index in [2.05, 4.69) is 31.8 Å². The number of piperazine rings is 1. The van der Waals surface area contributed by atoms with E-state index in [0.717, 1.165) is 11.0 Å². The number of halogens is 1. The fourth-order valence-electron chi connectivity index (χ4n) is 4.45. The van der Waals surface area contributed by atoms with Gasteiger partial charge in [0.25, 0.3) is 0 Å². The van der Waals surface area contributed by atoms with E-state index in [1.165, 1.54) is 12.4 Å². The van der Waals surface area contributed by atoms with E-state index in [0.29, 0.717) is 71.2 Å². The molecule has 0 radical (unpaired) electrons. The Kier molecular flexibility index (Phi) is 6.41. The third-order valence-corrected chi connectivity index (χ3v) is 6.83. The van der Waals surface area contributed by atoms with Gasteiger partial charge in [0.2, 0.25) is 11.9 Å². The first-order valence-electron chi connectivity index (χ1n) is 12.3. The van der Waals surface area contributed by atoms with Gasteiger partial charge in [0.1, 0.15) is 28.9 Å². The number of aromatic nitrogens is 6. The fourth-order valence-corrected chi connectivity index (χ4v) is 4.67. The molecule has 11 nitrogen and oxygen atoms in total. The Morgan fingerprint density at radius 3 is 2.69 bits per heavy atom. The number of hydrogen-bond acceptors (Lipinski definition) is 9. The molecule has 1 fully saturated rings. The van der Waals surface area contributed by atoms with E-state index < -0.39 is 0 Å². The van der Waals surface area contributed by atoms with Crippen LogP contribution in [0.3, 0.4) is 0 Å².